The molecule has 1 aromatic carbocycles. The van der Waals surface area contributed by atoms with E-state index in [1.807, 2.05) is 26.8 Å². The number of hydrogen-bond donors (Lipinski definition) is 1. The SMILES string of the molecule is COc1ccc(CN[C@@H](C)C(C)(C)OC)cc1F. The van der Waals surface area contributed by atoms with Crippen LogP contribution in [-0.4, -0.2) is 25.9 Å². The van der Waals surface area contributed by atoms with E-state index in [9.17, 15) is 4.39 Å². The Kier molecular flexibility index (Phi) is 5.11. The molecular weight excluding hydrogens is 233 g/mol. The van der Waals surface area contributed by atoms with Gasteiger partial charge in [0.05, 0.1) is 12.7 Å². The number of hydrogen-bond acceptors (Lipinski definition) is 3. The highest BCUT2D eigenvalue weighted by Gasteiger charge is 2.24. The van der Waals surface area contributed by atoms with Crippen molar-refractivity contribution in [3.8, 4) is 5.75 Å². The molecule has 0 spiro atoms. The van der Waals surface area contributed by atoms with Gasteiger partial charge in [-0.15, -0.1) is 0 Å². The van der Waals surface area contributed by atoms with Gasteiger partial charge in [-0.25, -0.2) is 4.39 Å². The molecule has 0 unspecified atom stereocenters. The lowest BCUT2D eigenvalue weighted by Crippen LogP contribution is -2.45. The molecule has 0 radical (unpaired) electrons. The van der Waals surface area contributed by atoms with Crippen molar-refractivity contribution in [3.05, 3.63) is 29.6 Å². The summed E-state index contributed by atoms with van der Waals surface area (Å²) in [6, 6.07) is 5.13. The second-order valence-electron chi connectivity index (χ2n) is 4.88. The van der Waals surface area contributed by atoms with Gasteiger partial charge in [0, 0.05) is 19.7 Å². The minimum atomic E-state index is -0.338. The van der Waals surface area contributed by atoms with Crippen LogP contribution in [0.2, 0.25) is 0 Å². The lowest BCUT2D eigenvalue weighted by Gasteiger charge is -2.31. The van der Waals surface area contributed by atoms with Gasteiger partial charge in [-0.1, -0.05) is 6.07 Å². The normalized spacial score (nSPS) is 13.4. The molecule has 0 saturated carbocycles. The summed E-state index contributed by atoms with van der Waals surface area (Å²) in [6.45, 7) is 6.66. The zero-order valence-electron chi connectivity index (χ0n) is 11.7. The minimum absolute atomic E-state index is 0.160. The van der Waals surface area contributed by atoms with Crippen LogP contribution in [0.5, 0.6) is 5.75 Å². The van der Waals surface area contributed by atoms with Crippen LogP contribution < -0.4 is 10.1 Å². The highest BCUT2D eigenvalue weighted by atomic mass is 19.1. The third kappa shape index (κ3) is 3.68. The van der Waals surface area contributed by atoms with Crippen molar-refractivity contribution in [2.24, 2.45) is 0 Å². The molecule has 0 saturated heterocycles. The molecule has 1 N–H and O–H groups in total. The van der Waals surface area contributed by atoms with Crippen LogP contribution in [0, 0.1) is 5.82 Å². The first kappa shape index (κ1) is 14.9. The summed E-state index contributed by atoms with van der Waals surface area (Å²) >= 11 is 0. The van der Waals surface area contributed by atoms with Gasteiger partial charge < -0.3 is 14.8 Å². The van der Waals surface area contributed by atoms with E-state index in [0.717, 1.165) is 5.56 Å². The van der Waals surface area contributed by atoms with E-state index >= 15 is 0 Å². The van der Waals surface area contributed by atoms with Gasteiger partial charge in [-0.3, -0.25) is 0 Å². The largest absolute Gasteiger partial charge is 0.494 e. The number of rotatable bonds is 6. The van der Waals surface area contributed by atoms with Gasteiger partial charge in [0.25, 0.3) is 0 Å². The summed E-state index contributed by atoms with van der Waals surface area (Å²) in [5, 5.41) is 3.32. The molecule has 1 aromatic rings. The maximum atomic E-state index is 13.5. The van der Waals surface area contributed by atoms with Crippen molar-refractivity contribution in [3.63, 3.8) is 0 Å². The number of nitrogens with one attached hydrogen (secondary N) is 1. The molecular formula is C14H22FNO2. The quantitative estimate of drug-likeness (QED) is 0.848. The summed E-state index contributed by atoms with van der Waals surface area (Å²) in [5.41, 5.74) is 0.623. The van der Waals surface area contributed by atoms with Crippen LogP contribution in [0.15, 0.2) is 18.2 Å². The molecule has 0 fully saturated rings. The van der Waals surface area contributed by atoms with Crippen LogP contribution in [0.3, 0.4) is 0 Å². The fourth-order valence-corrected chi connectivity index (χ4v) is 1.51. The van der Waals surface area contributed by atoms with E-state index in [2.05, 4.69) is 5.32 Å². The lowest BCUT2D eigenvalue weighted by atomic mass is 10.00. The van der Waals surface area contributed by atoms with Crippen LogP contribution in [0.25, 0.3) is 0 Å². The molecule has 3 nitrogen and oxygen atoms in total. The minimum Gasteiger partial charge on any atom is -0.494 e. The molecule has 0 aliphatic rings. The third-order valence-corrected chi connectivity index (χ3v) is 3.40. The van der Waals surface area contributed by atoms with Crippen molar-refractivity contribution in [2.75, 3.05) is 14.2 Å². The fraction of sp³-hybridized carbons (Fsp3) is 0.571. The van der Waals surface area contributed by atoms with E-state index in [0.29, 0.717) is 6.54 Å². The molecule has 1 atom stereocenters. The highest BCUT2D eigenvalue weighted by molar-refractivity contribution is 5.29. The summed E-state index contributed by atoms with van der Waals surface area (Å²) < 4.78 is 23.8. The molecule has 4 heteroatoms. The topological polar surface area (TPSA) is 30.5 Å². The standard InChI is InChI=1S/C14H22FNO2/c1-10(14(2,3)18-5)16-9-11-6-7-13(17-4)12(15)8-11/h6-8,10,16H,9H2,1-5H3/t10-/m0/s1. The molecule has 102 valence electrons. The van der Waals surface area contributed by atoms with Crippen molar-refractivity contribution in [2.45, 2.75) is 39.0 Å². The molecule has 0 aliphatic heterocycles. The number of halogens is 1. The molecule has 1 rings (SSSR count). The number of methoxy groups -OCH3 is 2. The molecule has 0 aromatic heterocycles. The predicted octanol–water partition coefficient (Wildman–Crippen LogP) is 2.74. The summed E-state index contributed by atoms with van der Waals surface area (Å²) in [5.74, 6) is -0.0699. The van der Waals surface area contributed by atoms with E-state index in [-0.39, 0.29) is 23.2 Å². The van der Waals surface area contributed by atoms with E-state index in [1.54, 1.807) is 13.2 Å². The zero-order valence-corrected chi connectivity index (χ0v) is 11.7. The average molecular weight is 255 g/mol. The Morgan fingerprint density at radius 1 is 1.33 bits per heavy atom. The van der Waals surface area contributed by atoms with Crippen LogP contribution >= 0.6 is 0 Å². The van der Waals surface area contributed by atoms with Gasteiger partial charge in [0.15, 0.2) is 11.6 Å². The predicted molar refractivity (Wildman–Crippen MR) is 70.3 cm³/mol. The van der Waals surface area contributed by atoms with Crippen LogP contribution in [0.4, 0.5) is 4.39 Å². The number of benzene rings is 1. The Bertz CT molecular complexity index is 393. The molecule has 0 amide bonds. The van der Waals surface area contributed by atoms with Gasteiger partial charge in [-0.05, 0) is 38.5 Å². The van der Waals surface area contributed by atoms with E-state index in [4.69, 9.17) is 9.47 Å². The average Bonchev–Trinajstić information content (AvgIpc) is 2.36. The van der Waals surface area contributed by atoms with Crippen LogP contribution in [0.1, 0.15) is 26.3 Å². The second kappa shape index (κ2) is 6.16. The molecule has 0 aliphatic carbocycles. The lowest BCUT2D eigenvalue weighted by molar-refractivity contribution is -0.00544. The molecule has 0 heterocycles. The zero-order chi connectivity index (χ0) is 13.8. The van der Waals surface area contributed by atoms with Gasteiger partial charge in [0.2, 0.25) is 0 Å². The van der Waals surface area contributed by atoms with E-state index < -0.39 is 0 Å². The summed E-state index contributed by atoms with van der Waals surface area (Å²) in [4.78, 5) is 0. The number of ether oxygens (including phenoxy) is 2. The first-order valence-corrected chi connectivity index (χ1v) is 6.01. The van der Waals surface area contributed by atoms with Crippen molar-refractivity contribution in [1.82, 2.24) is 5.32 Å². The first-order chi connectivity index (χ1) is 8.40. The van der Waals surface area contributed by atoms with Crippen molar-refractivity contribution >= 4 is 0 Å². The van der Waals surface area contributed by atoms with Gasteiger partial charge in [-0.2, -0.15) is 0 Å². The smallest absolute Gasteiger partial charge is 0.165 e. The summed E-state index contributed by atoms with van der Waals surface area (Å²) in [6.07, 6.45) is 0. The Balaban J connectivity index is 2.61. The second-order valence-corrected chi connectivity index (χ2v) is 4.88. The van der Waals surface area contributed by atoms with Gasteiger partial charge >= 0.3 is 0 Å². The Morgan fingerprint density at radius 3 is 2.50 bits per heavy atom. The van der Waals surface area contributed by atoms with Crippen LogP contribution in [-0.2, 0) is 11.3 Å². The summed E-state index contributed by atoms with van der Waals surface area (Å²) in [7, 11) is 3.14. The van der Waals surface area contributed by atoms with Gasteiger partial charge in [0.1, 0.15) is 0 Å². The third-order valence-electron chi connectivity index (χ3n) is 3.40. The first-order valence-electron chi connectivity index (χ1n) is 6.01. The Hall–Kier alpha value is -1.13. The molecule has 18 heavy (non-hydrogen) atoms. The maximum Gasteiger partial charge on any atom is 0.165 e. The Morgan fingerprint density at radius 2 is 2.00 bits per heavy atom. The maximum absolute atomic E-state index is 13.5. The fourth-order valence-electron chi connectivity index (χ4n) is 1.51. The Labute approximate surface area is 108 Å². The molecule has 0 bridgehead atoms. The van der Waals surface area contributed by atoms with E-state index in [1.165, 1.54) is 13.2 Å². The highest BCUT2D eigenvalue weighted by Crippen LogP contribution is 2.18. The van der Waals surface area contributed by atoms with Crippen molar-refractivity contribution in [1.29, 1.82) is 0 Å². The monoisotopic (exact) mass is 255 g/mol. The van der Waals surface area contributed by atoms with Crippen molar-refractivity contribution < 1.29 is 13.9 Å².